The van der Waals surface area contributed by atoms with Gasteiger partial charge in [0, 0.05) is 41.8 Å². The van der Waals surface area contributed by atoms with Crippen LogP contribution in [-0.4, -0.2) is 29.0 Å². The zero-order valence-corrected chi connectivity index (χ0v) is 18.6. The fraction of sp³-hybridized carbons (Fsp3) is 0.292. The van der Waals surface area contributed by atoms with Gasteiger partial charge >= 0.3 is 0 Å². The molecule has 0 unspecified atom stereocenters. The Kier molecular flexibility index (Phi) is 6.43. The van der Waals surface area contributed by atoms with Crippen molar-refractivity contribution in [1.82, 2.24) is 15.3 Å². The van der Waals surface area contributed by atoms with Gasteiger partial charge in [0.25, 0.3) is 0 Å². The lowest BCUT2D eigenvalue weighted by molar-refractivity contribution is -0.125. The monoisotopic (exact) mass is 464 g/mol. The number of halogens is 1. The molecule has 0 radical (unpaired) electrons. The summed E-state index contributed by atoms with van der Waals surface area (Å²) in [6.45, 7) is 4.28. The van der Waals surface area contributed by atoms with E-state index in [1.165, 1.54) is 5.56 Å². The van der Waals surface area contributed by atoms with Crippen molar-refractivity contribution in [1.29, 1.82) is 0 Å². The van der Waals surface area contributed by atoms with E-state index in [4.69, 9.17) is 4.98 Å². The molecule has 1 amide bonds. The summed E-state index contributed by atoms with van der Waals surface area (Å²) in [4.78, 5) is 24.0. The average molecular weight is 465 g/mol. The van der Waals surface area contributed by atoms with Crippen LogP contribution in [0.1, 0.15) is 24.0 Å². The standard InChI is InChI=1S/C24H25BrN4O/c1-17-2-6-19(7-3-17)23-26-13-10-22(28-23)29-14-11-20(12-15-29)24(30)27-16-18-4-8-21(25)9-5-18/h2-10,13,20H,11-12,14-16H2,1H3,(H,27,30). The summed E-state index contributed by atoms with van der Waals surface area (Å²) in [5.41, 5.74) is 3.34. The molecular formula is C24H25BrN4O. The second kappa shape index (κ2) is 9.39. The quantitative estimate of drug-likeness (QED) is 0.591. The van der Waals surface area contributed by atoms with E-state index >= 15 is 0 Å². The number of anilines is 1. The van der Waals surface area contributed by atoms with E-state index in [-0.39, 0.29) is 11.8 Å². The van der Waals surface area contributed by atoms with Crippen molar-refractivity contribution in [2.45, 2.75) is 26.3 Å². The van der Waals surface area contributed by atoms with Gasteiger partial charge in [-0.05, 0) is 43.5 Å². The number of aromatic nitrogens is 2. The zero-order chi connectivity index (χ0) is 20.9. The van der Waals surface area contributed by atoms with Crippen LogP contribution in [0, 0.1) is 12.8 Å². The number of hydrogen-bond acceptors (Lipinski definition) is 4. The molecule has 2 aromatic carbocycles. The molecule has 30 heavy (non-hydrogen) atoms. The summed E-state index contributed by atoms with van der Waals surface area (Å²) < 4.78 is 1.04. The number of carbonyl (C=O) groups is 1. The van der Waals surface area contributed by atoms with E-state index < -0.39 is 0 Å². The predicted molar refractivity (Wildman–Crippen MR) is 123 cm³/mol. The molecule has 1 N–H and O–H groups in total. The lowest BCUT2D eigenvalue weighted by Gasteiger charge is -2.32. The molecule has 0 bridgehead atoms. The third-order valence-corrected chi connectivity index (χ3v) is 6.05. The molecule has 6 heteroatoms. The normalized spacial score (nSPS) is 14.5. The van der Waals surface area contributed by atoms with Crippen LogP contribution in [0.4, 0.5) is 5.82 Å². The smallest absolute Gasteiger partial charge is 0.223 e. The first-order valence-electron chi connectivity index (χ1n) is 10.3. The van der Waals surface area contributed by atoms with E-state index in [9.17, 15) is 4.79 Å². The summed E-state index contributed by atoms with van der Waals surface area (Å²) in [6, 6.07) is 18.2. The van der Waals surface area contributed by atoms with Gasteiger partial charge in [-0.3, -0.25) is 4.79 Å². The maximum atomic E-state index is 12.6. The van der Waals surface area contributed by atoms with E-state index in [1.807, 2.05) is 36.5 Å². The van der Waals surface area contributed by atoms with Crippen molar-refractivity contribution in [3.8, 4) is 11.4 Å². The minimum absolute atomic E-state index is 0.0510. The van der Waals surface area contributed by atoms with Crippen molar-refractivity contribution >= 4 is 27.7 Å². The third kappa shape index (κ3) is 5.05. The molecule has 0 saturated carbocycles. The van der Waals surface area contributed by atoms with Crippen LogP contribution in [0.5, 0.6) is 0 Å². The van der Waals surface area contributed by atoms with E-state index in [0.717, 1.165) is 53.2 Å². The van der Waals surface area contributed by atoms with Crippen LogP contribution in [0.3, 0.4) is 0 Å². The van der Waals surface area contributed by atoms with Gasteiger partial charge in [-0.25, -0.2) is 9.97 Å². The van der Waals surface area contributed by atoms with Crippen LogP contribution in [0.15, 0.2) is 65.3 Å². The molecule has 4 rings (SSSR count). The molecule has 1 saturated heterocycles. The number of nitrogens with one attached hydrogen (secondary N) is 1. The highest BCUT2D eigenvalue weighted by Gasteiger charge is 2.25. The Morgan fingerprint density at radius 3 is 2.47 bits per heavy atom. The Balaban J connectivity index is 1.33. The highest BCUT2D eigenvalue weighted by molar-refractivity contribution is 9.10. The Morgan fingerprint density at radius 2 is 1.77 bits per heavy atom. The van der Waals surface area contributed by atoms with Crippen molar-refractivity contribution in [2.24, 2.45) is 5.92 Å². The SMILES string of the molecule is Cc1ccc(-c2nccc(N3CCC(C(=O)NCc4ccc(Br)cc4)CC3)n2)cc1. The third-order valence-electron chi connectivity index (χ3n) is 5.52. The van der Waals surface area contributed by atoms with Crippen LogP contribution in [0.2, 0.25) is 0 Å². The van der Waals surface area contributed by atoms with Gasteiger partial charge in [0.1, 0.15) is 5.82 Å². The first kappa shape index (κ1) is 20.5. The van der Waals surface area contributed by atoms with Gasteiger partial charge in [-0.1, -0.05) is 57.9 Å². The lowest BCUT2D eigenvalue weighted by atomic mass is 9.96. The van der Waals surface area contributed by atoms with Crippen LogP contribution in [-0.2, 0) is 11.3 Å². The highest BCUT2D eigenvalue weighted by atomic mass is 79.9. The summed E-state index contributed by atoms with van der Waals surface area (Å²) in [7, 11) is 0. The summed E-state index contributed by atoms with van der Waals surface area (Å²) in [5.74, 6) is 1.85. The van der Waals surface area contributed by atoms with Crippen LogP contribution >= 0.6 is 15.9 Å². The van der Waals surface area contributed by atoms with E-state index in [1.54, 1.807) is 0 Å². The molecule has 1 aliphatic rings. The molecule has 0 aliphatic carbocycles. The predicted octanol–water partition coefficient (Wildman–Crippen LogP) is 4.75. The van der Waals surface area contributed by atoms with Gasteiger partial charge < -0.3 is 10.2 Å². The number of nitrogens with zero attached hydrogens (tertiary/aromatic N) is 3. The van der Waals surface area contributed by atoms with E-state index in [2.05, 4.69) is 62.3 Å². The number of aryl methyl sites for hydroxylation is 1. The maximum Gasteiger partial charge on any atom is 0.223 e. The second-order valence-electron chi connectivity index (χ2n) is 7.71. The first-order valence-corrected chi connectivity index (χ1v) is 11.0. The van der Waals surface area contributed by atoms with Crippen molar-refractivity contribution in [3.05, 3.63) is 76.4 Å². The first-order chi connectivity index (χ1) is 14.6. The molecule has 5 nitrogen and oxygen atoms in total. The van der Waals surface area contributed by atoms with Crippen molar-refractivity contribution in [3.63, 3.8) is 0 Å². The van der Waals surface area contributed by atoms with Gasteiger partial charge in [0.15, 0.2) is 5.82 Å². The molecule has 1 aliphatic heterocycles. The van der Waals surface area contributed by atoms with E-state index in [0.29, 0.717) is 6.54 Å². The fourth-order valence-electron chi connectivity index (χ4n) is 3.67. The molecule has 3 aromatic rings. The topological polar surface area (TPSA) is 58.1 Å². The molecule has 154 valence electrons. The van der Waals surface area contributed by atoms with Crippen LogP contribution in [0.25, 0.3) is 11.4 Å². The number of benzene rings is 2. The van der Waals surface area contributed by atoms with Crippen molar-refractivity contribution < 1.29 is 4.79 Å². The zero-order valence-electron chi connectivity index (χ0n) is 17.0. The van der Waals surface area contributed by atoms with Crippen LogP contribution < -0.4 is 10.2 Å². The number of carbonyl (C=O) groups excluding carboxylic acids is 1. The Morgan fingerprint density at radius 1 is 1.07 bits per heavy atom. The van der Waals surface area contributed by atoms with Gasteiger partial charge in [-0.15, -0.1) is 0 Å². The molecule has 1 fully saturated rings. The summed E-state index contributed by atoms with van der Waals surface area (Å²) >= 11 is 3.43. The molecule has 0 spiro atoms. The lowest BCUT2D eigenvalue weighted by Crippen LogP contribution is -2.40. The Bertz CT molecular complexity index is 996. The Labute approximate surface area is 185 Å². The average Bonchev–Trinajstić information content (AvgIpc) is 2.79. The van der Waals surface area contributed by atoms with Gasteiger partial charge in [0.2, 0.25) is 5.91 Å². The fourth-order valence-corrected chi connectivity index (χ4v) is 3.94. The highest BCUT2D eigenvalue weighted by Crippen LogP contribution is 2.24. The van der Waals surface area contributed by atoms with Gasteiger partial charge in [-0.2, -0.15) is 0 Å². The number of rotatable bonds is 5. The minimum atomic E-state index is 0.0510. The van der Waals surface area contributed by atoms with Gasteiger partial charge in [0.05, 0.1) is 0 Å². The maximum absolute atomic E-state index is 12.6. The minimum Gasteiger partial charge on any atom is -0.356 e. The molecular weight excluding hydrogens is 440 g/mol. The number of piperidine rings is 1. The molecule has 0 atom stereocenters. The summed E-state index contributed by atoms with van der Waals surface area (Å²) in [6.07, 6.45) is 3.47. The number of amides is 1. The number of hydrogen-bond donors (Lipinski definition) is 1. The summed E-state index contributed by atoms with van der Waals surface area (Å²) in [5, 5.41) is 3.08. The van der Waals surface area contributed by atoms with Crippen molar-refractivity contribution in [2.75, 3.05) is 18.0 Å². The largest absolute Gasteiger partial charge is 0.356 e. The second-order valence-corrected chi connectivity index (χ2v) is 8.63. The molecule has 1 aromatic heterocycles. The Hall–Kier alpha value is -2.73. The molecule has 2 heterocycles.